The summed E-state index contributed by atoms with van der Waals surface area (Å²) in [6.07, 6.45) is 3.92. The van der Waals surface area contributed by atoms with Gasteiger partial charge in [0, 0.05) is 19.5 Å². The zero-order valence-electron chi connectivity index (χ0n) is 11.0. The molecule has 0 aliphatic carbocycles. The van der Waals surface area contributed by atoms with E-state index in [1.807, 2.05) is 32.2 Å². The fraction of sp³-hybridized carbons (Fsp3) is 0.286. The first-order chi connectivity index (χ1) is 9.19. The molecule has 2 aromatic rings. The average Bonchev–Trinajstić information content (AvgIpc) is 2.91. The summed E-state index contributed by atoms with van der Waals surface area (Å²) in [5, 5.41) is 5.85. The second-order valence-corrected chi connectivity index (χ2v) is 4.34. The number of furan rings is 1. The van der Waals surface area contributed by atoms with E-state index < -0.39 is 0 Å². The third kappa shape index (κ3) is 3.58. The number of anilines is 1. The van der Waals surface area contributed by atoms with Crippen LogP contribution in [0.25, 0.3) is 0 Å². The monoisotopic (exact) mass is 259 g/mol. The highest BCUT2D eigenvalue weighted by molar-refractivity contribution is 5.92. The van der Waals surface area contributed by atoms with Crippen LogP contribution in [0, 0.1) is 0 Å². The van der Waals surface area contributed by atoms with Crippen LogP contribution in [0.1, 0.15) is 23.2 Å². The Kier molecular flexibility index (Phi) is 4.18. The van der Waals surface area contributed by atoms with E-state index in [2.05, 4.69) is 15.6 Å². The largest absolute Gasteiger partial charge is 0.469 e. The van der Waals surface area contributed by atoms with Gasteiger partial charge in [-0.05, 0) is 31.2 Å². The quantitative estimate of drug-likeness (QED) is 0.862. The fourth-order valence-electron chi connectivity index (χ4n) is 1.76. The molecular weight excluding hydrogens is 242 g/mol. The van der Waals surface area contributed by atoms with E-state index in [1.54, 1.807) is 18.5 Å². The van der Waals surface area contributed by atoms with E-state index in [4.69, 9.17) is 4.42 Å². The molecule has 5 heteroatoms. The van der Waals surface area contributed by atoms with E-state index in [1.165, 1.54) is 0 Å². The Hall–Kier alpha value is -2.30. The minimum absolute atomic E-state index is 0.00979. The van der Waals surface area contributed by atoms with E-state index in [-0.39, 0.29) is 11.9 Å². The van der Waals surface area contributed by atoms with Crippen molar-refractivity contribution in [3.63, 3.8) is 0 Å². The van der Waals surface area contributed by atoms with Crippen molar-refractivity contribution in [2.75, 3.05) is 12.4 Å². The summed E-state index contributed by atoms with van der Waals surface area (Å²) in [5.74, 6) is 0.674. The molecule has 1 unspecified atom stereocenters. The molecule has 2 rings (SSSR count). The van der Waals surface area contributed by atoms with Crippen LogP contribution in [0.4, 0.5) is 5.69 Å². The van der Waals surface area contributed by atoms with E-state index in [9.17, 15) is 4.79 Å². The van der Waals surface area contributed by atoms with Gasteiger partial charge < -0.3 is 15.1 Å². The number of amides is 1. The molecule has 0 saturated heterocycles. The zero-order valence-corrected chi connectivity index (χ0v) is 11.0. The van der Waals surface area contributed by atoms with Gasteiger partial charge in [-0.25, -0.2) is 4.98 Å². The molecule has 19 heavy (non-hydrogen) atoms. The number of carbonyl (C=O) groups excluding carboxylic acids is 1. The van der Waals surface area contributed by atoms with Crippen molar-refractivity contribution < 1.29 is 9.21 Å². The van der Waals surface area contributed by atoms with E-state index in [0.717, 1.165) is 11.4 Å². The molecule has 5 nitrogen and oxygen atoms in total. The molecule has 0 aliphatic rings. The fourth-order valence-corrected chi connectivity index (χ4v) is 1.76. The SMILES string of the molecule is CNc1ccc(C(=O)NC(C)Cc2ccco2)nc1. The maximum Gasteiger partial charge on any atom is 0.270 e. The van der Waals surface area contributed by atoms with Gasteiger partial charge in [0.1, 0.15) is 11.5 Å². The number of nitrogens with one attached hydrogen (secondary N) is 2. The van der Waals surface area contributed by atoms with Crippen LogP contribution in [-0.2, 0) is 6.42 Å². The number of hydrogen-bond acceptors (Lipinski definition) is 4. The first-order valence-corrected chi connectivity index (χ1v) is 6.16. The normalized spacial score (nSPS) is 11.9. The van der Waals surface area contributed by atoms with Crippen molar-refractivity contribution in [2.45, 2.75) is 19.4 Å². The maximum absolute atomic E-state index is 12.0. The summed E-state index contributed by atoms with van der Waals surface area (Å²) in [7, 11) is 1.81. The van der Waals surface area contributed by atoms with Gasteiger partial charge in [0.2, 0.25) is 0 Å². The highest BCUT2D eigenvalue weighted by Gasteiger charge is 2.12. The second-order valence-electron chi connectivity index (χ2n) is 4.34. The van der Waals surface area contributed by atoms with Crippen molar-refractivity contribution in [2.24, 2.45) is 0 Å². The number of aromatic nitrogens is 1. The molecule has 0 aliphatic heterocycles. The predicted octanol–water partition coefficient (Wildman–Crippen LogP) is 2.08. The third-order valence-electron chi connectivity index (χ3n) is 2.75. The summed E-state index contributed by atoms with van der Waals surface area (Å²) in [5.41, 5.74) is 1.28. The van der Waals surface area contributed by atoms with Crippen molar-refractivity contribution in [3.05, 3.63) is 48.2 Å². The van der Waals surface area contributed by atoms with Crippen LogP contribution in [0.3, 0.4) is 0 Å². The van der Waals surface area contributed by atoms with Crippen LogP contribution < -0.4 is 10.6 Å². The highest BCUT2D eigenvalue weighted by atomic mass is 16.3. The van der Waals surface area contributed by atoms with Crippen LogP contribution in [0.5, 0.6) is 0 Å². The molecule has 0 spiro atoms. The lowest BCUT2D eigenvalue weighted by atomic mass is 10.2. The van der Waals surface area contributed by atoms with Crippen molar-refractivity contribution in [1.82, 2.24) is 10.3 Å². The summed E-state index contributed by atoms with van der Waals surface area (Å²) >= 11 is 0. The van der Waals surface area contributed by atoms with Gasteiger partial charge in [-0.2, -0.15) is 0 Å². The summed E-state index contributed by atoms with van der Waals surface area (Å²) in [6, 6.07) is 7.23. The molecular formula is C14H17N3O2. The molecule has 2 heterocycles. The minimum atomic E-state index is -0.179. The molecule has 0 aromatic carbocycles. The van der Waals surface area contributed by atoms with Crippen molar-refractivity contribution >= 4 is 11.6 Å². The number of pyridine rings is 1. The Balaban J connectivity index is 1.92. The van der Waals surface area contributed by atoms with Crippen molar-refractivity contribution in [1.29, 1.82) is 0 Å². The molecule has 2 aromatic heterocycles. The predicted molar refractivity (Wildman–Crippen MR) is 73.1 cm³/mol. The first-order valence-electron chi connectivity index (χ1n) is 6.16. The number of hydrogen-bond donors (Lipinski definition) is 2. The van der Waals surface area contributed by atoms with Crippen LogP contribution in [-0.4, -0.2) is 24.0 Å². The zero-order chi connectivity index (χ0) is 13.7. The van der Waals surface area contributed by atoms with Crippen LogP contribution in [0.15, 0.2) is 41.1 Å². The van der Waals surface area contributed by atoms with Gasteiger partial charge in [-0.15, -0.1) is 0 Å². The summed E-state index contributed by atoms with van der Waals surface area (Å²) in [6.45, 7) is 1.93. The number of nitrogens with zero attached hydrogens (tertiary/aromatic N) is 1. The van der Waals surface area contributed by atoms with Gasteiger partial charge in [0.15, 0.2) is 0 Å². The second kappa shape index (κ2) is 6.04. The Labute approximate surface area is 112 Å². The minimum Gasteiger partial charge on any atom is -0.469 e. The Morgan fingerprint density at radius 2 is 2.26 bits per heavy atom. The summed E-state index contributed by atoms with van der Waals surface area (Å²) in [4.78, 5) is 16.1. The smallest absolute Gasteiger partial charge is 0.270 e. The Morgan fingerprint density at radius 3 is 2.84 bits per heavy atom. The Morgan fingerprint density at radius 1 is 1.42 bits per heavy atom. The van der Waals surface area contributed by atoms with E-state index in [0.29, 0.717) is 12.1 Å². The highest BCUT2D eigenvalue weighted by Crippen LogP contribution is 2.07. The topological polar surface area (TPSA) is 67.2 Å². The molecule has 100 valence electrons. The lowest BCUT2D eigenvalue weighted by Crippen LogP contribution is -2.34. The number of rotatable bonds is 5. The Bertz CT molecular complexity index is 520. The summed E-state index contributed by atoms with van der Waals surface area (Å²) < 4.78 is 5.25. The van der Waals surface area contributed by atoms with Gasteiger partial charge in [0.05, 0.1) is 18.1 Å². The molecule has 1 amide bonds. The molecule has 0 fully saturated rings. The molecule has 2 N–H and O–H groups in total. The average molecular weight is 259 g/mol. The maximum atomic E-state index is 12.0. The lowest BCUT2D eigenvalue weighted by Gasteiger charge is -2.12. The van der Waals surface area contributed by atoms with Crippen LogP contribution >= 0.6 is 0 Å². The third-order valence-corrected chi connectivity index (χ3v) is 2.75. The van der Waals surface area contributed by atoms with Gasteiger partial charge >= 0.3 is 0 Å². The van der Waals surface area contributed by atoms with Crippen LogP contribution in [0.2, 0.25) is 0 Å². The number of carbonyl (C=O) groups is 1. The van der Waals surface area contributed by atoms with Gasteiger partial charge in [-0.3, -0.25) is 4.79 Å². The van der Waals surface area contributed by atoms with Crippen molar-refractivity contribution in [3.8, 4) is 0 Å². The van der Waals surface area contributed by atoms with E-state index >= 15 is 0 Å². The lowest BCUT2D eigenvalue weighted by molar-refractivity contribution is 0.0934. The molecule has 0 saturated carbocycles. The molecule has 0 radical (unpaired) electrons. The standard InChI is InChI=1S/C14H17N3O2/c1-10(8-12-4-3-7-19-12)17-14(18)13-6-5-11(15-2)9-16-13/h3-7,9-10,15H,8H2,1-2H3,(H,17,18). The first kappa shape index (κ1) is 13.1. The molecule has 1 atom stereocenters. The van der Waals surface area contributed by atoms with Gasteiger partial charge in [-0.1, -0.05) is 0 Å². The van der Waals surface area contributed by atoms with Gasteiger partial charge in [0.25, 0.3) is 5.91 Å². The molecule has 0 bridgehead atoms.